The summed E-state index contributed by atoms with van der Waals surface area (Å²) >= 11 is 0. The Balaban J connectivity index is 1.96. The van der Waals surface area contributed by atoms with Gasteiger partial charge in [-0.25, -0.2) is 9.79 Å². The second kappa shape index (κ2) is 11.9. The molecule has 2 aliphatic heterocycles. The van der Waals surface area contributed by atoms with Crippen molar-refractivity contribution >= 4 is 17.8 Å². The first-order chi connectivity index (χ1) is 16.2. The number of amides is 2. The van der Waals surface area contributed by atoms with Gasteiger partial charge in [0.15, 0.2) is 6.10 Å². The number of aliphatic imine (C=N–C) groups is 1. The molecular weight excluding hydrogens is 465 g/mol. The monoisotopic (exact) mass is 502 g/mol. The first-order valence-corrected chi connectivity index (χ1v) is 11.8. The Bertz CT molecular complexity index is 854. The smallest absolute Gasteiger partial charge is 0.417 e. The van der Waals surface area contributed by atoms with Crippen molar-refractivity contribution in [1.82, 2.24) is 14.7 Å². The van der Waals surface area contributed by atoms with Gasteiger partial charge in [-0.1, -0.05) is 12.5 Å². The van der Waals surface area contributed by atoms with Gasteiger partial charge in [-0.05, 0) is 47.1 Å². The Kier molecular flexibility index (Phi) is 9.76. The van der Waals surface area contributed by atoms with Crippen molar-refractivity contribution < 1.29 is 32.2 Å². The van der Waals surface area contributed by atoms with E-state index < -0.39 is 29.5 Å². The quantitative estimate of drug-likeness (QED) is 0.330. The molecule has 2 saturated heterocycles. The maximum Gasteiger partial charge on any atom is 0.417 e. The minimum absolute atomic E-state index is 0.115. The van der Waals surface area contributed by atoms with Crippen LogP contribution in [0, 0.1) is 0 Å². The number of alkyl halides is 3. The highest BCUT2D eigenvalue weighted by atomic mass is 19.4. The Labute approximate surface area is 205 Å². The van der Waals surface area contributed by atoms with Crippen LogP contribution in [0.15, 0.2) is 28.4 Å². The molecule has 0 spiro atoms. The Morgan fingerprint density at radius 1 is 1.03 bits per heavy atom. The lowest BCUT2D eigenvalue weighted by atomic mass is 10.1. The molecule has 2 heterocycles. The molecule has 0 bridgehead atoms. The second-order valence-corrected chi connectivity index (χ2v) is 9.70. The number of amidine groups is 1. The molecular formula is C24H37F3N4O4. The van der Waals surface area contributed by atoms with Gasteiger partial charge in [0.1, 0.15) is 11.4 Å². The van der Waals surface area contributed by atoms with Gasteiger partial charge >= 0.3 is 12.3 Å². The molecule has 2 amide bonds. The molecule has 0 N–H and O–H groups in total. The fourth-order valence-electron chi connectivity index (χ4n) is 3.55. The average Bonchev–Trinajstić information content (AvgIpc) is 2.79. The van der Waals surface area contributed by atoms with Crippen LogP contribution >= 0.6 is 0 Å². The zero-order valence-corrected chi connectivity index (χ0v) is 21.4. The van der Waals surface area contributed by atoms with Crippen LogP contribution in [0.2, 0.25) is 0 Å². The van der Waals surface area contributed by atoms with Gasteiger partial charge in [-0.2, -0.15) is 13.2 Å². The minimum Gasteiger partial charge on any atom is -0.444 e. The summed E-state index contributed by atoms with van der Waals surface area (Å²) in [6.07, 6.45) is -3.26. The number of carbonyl (C=O) groups excluding carboxylic acids is 2. The molecule has 2 fully saturated rings. The number of nitrogens with zero attached hydrogens (tertiary/aromatic N) is 4. The maximum absolute atomic E-state index is 13.3. The number of rotatable bonds is 4. The molecule has 198 valence electrons. The standard InChI is InChI=1S/C24H37F3N4O4/c1-7-17(2)14-19(24(25,26)27)15-28-18(3)29-8-10-30(11-9-29)21(32)20-16-31(12-13-34-20)22(33)35-23(4,5)6/h14-15,20H,7-13,16H2,1-6H3/b17-14+,19-15+,28-18?. The van der Waals surface area contributed by atoms with Crippen LogP contribution in [0.3, 0.4) is 0 Å². The summed E-state index contributed by atoms with van der Waals surface area (Å²) in [5, 5.41) is 0. The molecule has 0 aromatic heterocycles. The van der Waals surface area contributed by atoms with Crippen LogP contribution < -0.4 is 0 Å². The van der Waals surface area contributed by atoms with Gasteiger partial charge in [0.25, 0.3) is 5.91 Å². The lowest BCUT2D eigenvalue weighted by Gasteiger charge is -2.39. The fraction of sp³-hybridized carbons (Fsp3) is 0.708. The number of hydrogen-bond donors (Lipinski definition) is 0. The maximum atomic E-state index is 13.3. The van der Waals surface area contributed by atoms with Crippen molar-refractivity contribution in [3.05, 3.63) is 23.4 Å². The van der Waals surface area contributed by atoms with Crippen molar-refractivity contribution in [2.75, 3.05) is 45.9 Å². The number of ether oxygens (including phenoxy) is 2. The topological polar surface area (TPSA) is 74.7 Å². The summed E-state index contributed by atoms with van der Waals surface area (Å²) < 4.78 is 50.9. The van der Waals surface area contributed by atoms with Crippen LogP contribution in [-0.2, 0) is 14.3 Å². The third kappa shape index (κ3) is 8.87. The number of hydrogen-bond acceptors (Lipinski definition) is 5. The Hall–Kier alpha value is -2.56. The zero-order valence-electron chi connectivity index (χ0n) is 21.4. The summed E-state index contributed by atoms with van der Waals surface area (Å²) in [4.78, 5) is 34.3. The first-order valence-electron chi connectivity index (χ1n) is 11.8. The van der Waals surface area contributed by atoms with E-state index in [1.807, 2.05) is 4.90 Å². The summed E-state index contributed by atoms with van der Waals surface area (Å²) in [6, 6.07) is 0. The summed E-state index contributed by atoms with van der Waals surface area (Å²) in [6.45, 7) is 12.8. The van der Waals surface area contributed by atoms with E-state index in [9.17, 15) is 22.8 Å². The molecule has 11 heteroatoms. The highest BCUT2D eigenvalue weighted by Crippen LogP contribution is 2.28. The predicted octanol–water partition coefficient (Wildman–Crippen LogP) is 3.99. The number of halogens is 3. The molecule has 0 aliphatic carbocycles. The summed E-state index contributed by atoms with van der Waals surface area (Å²) in [7, 11) is 0. The highest BCUT2D eigenvalue weighted by Gasteiger charge is 2.35. The van der Waals surface area contributed by atoms with Crippen molar-refractivity contribution in [2.24, 2.45) is 4.99 Å². The Morgan fingerprint density at radius 3 is 2.17 bits per heavy atom. The van der Waals surface area contributed by atoms with E-state index in [1.54, 1.807) is 46.4 Å². The van der Waals surface area contributed by atoms with E-state index in [2.05, 4.69) is 4.99 Å². The van der Waals surface area contributed by atoms with Crippen molar-refractivity contribution in [1.29, 1.82) is 0 Å². The van der Waals surface area contributed by atoms with E-state index in [0.717, 1.165) is 12.3 Å². The zero-order chi connectivity index (χ0) is 26.4. The van der Waals surface area contributed by atoms with Gasteiger partial charge in [0.05, 0.1) is 18.7 Å². The van der Waals surface area contributed by atoms with Crippen LogP contribution in [0.25, 0.3) is 0 Å². The molecule has 2 rings (SSSR count). The van der Waals surface area contributed by atoms with E-state index in [4.69, 9.17) is 9.47 Å². The number of piperazine rings is 1. The lowest BCUT2D eigenvalue weighted by Crippen LogP contribution is -2.57. The number of carbonyl (C=O) groups is 2. The van der Waals surface area contributed by atoms with Gasteiger partial charge in [-0.15, -0.1) is 0 Å². The third-order valence-corrected chi connectivity index (χ3v) is 5.72. The normalized spacial score (nSPS) is 21.3. The molecule has 1 unspecified atom stereocenters. The molecule has 0 saturated carbocycles. The third-order valence-electron chi connectivity index (χ3n) is 5.72. The average molecular weight is 503 g/mol. The summed E-state index contributed by atoms with van der Waals surface area (Å²) in [5.41, 5.74) is -0.816. The van der Waals surface area contributed by atoms with Crippen LogP contribution in [0.4, 0.5) is 18.0 Å². The second-order valence-electron chi connectivity index (χ2n) is 9.70. The van der Waals surface area contributed by atoms with Gasteiger partial charge < -0.3 is 24.2 Å². The van der Waals surface area contributed by atoms with E-state index in [-0.39, 0.29) is 19.1 Å². The van der Waals surface area contributed by atoms with E-state index in [0.29, 0.717) is 50.6 Å². The lowest BCUT2D eigenvalue weighted by molar-refractivity contribution is -0.150. The predicted molar refractivity (Wildman–Crippen MR) is 127 cm³/mol. The van der Waals surface area contributed by atoms with Crippen molar-refractivity contribution in [2.45, 2.75) is 65.8 Å². The first kappa shape index (κ1) is 28.7. The molecule has 0 aromatic carbocycles. The van der Waals surface area contributed by atoms with Crippen molar-refractivity contribution in [3.8, 4) is 0 Å². The minimum atomic E-state index is -4.49. The molecule has 0 radical (unpaired) electrons. The molecule has 1 atom stereocenters. The van der Waals surface area contributed by atoms with E-state index >= 15 is 0 Å². The van der Waals surface area contributed by atoms with Crippen LogP contribution in [0.5, 0.6) is 0 Å². The van der Waals surface area contributed by atoms with Crippen LogP contribution in [-0.4, -0.2) is 96.3 Å². The van der Waals surface area contributed by atoms with Gasteiger partial charge in [0.2, 0.25) is 0 Å². The number of morpholine rings is 1. The molecule has 2 aliphatic rings. The Morgan fingerprint density at radius 2 is 1.63 bits per heavy atom. The molecule has 8 nitrogen and oxygen atoms in total. The largest absolute Gasteiger partial charge is 0.444 e. The summed E-state index contributed by atoms with van der Waals surface area (Å²) in [5.74, 6) is 0.235. The van der Waals surface area contributed by atoms with Gasteiger partial charge in [0, 0.05) is 38.9 Å². The highest BCUT2D eigenvalue weighted by molar-refractivity contribution is 5.83. The van der Waals surface area contributed by atoms with Crippen molar-refractivity contribution in [3.63, 3.8) is 0 Å². The number of allylic oxidation sites excluding steroid dienone is 3. The van der Waals surface area contributed by atoms with Crippen LogP contribution in [0.1, 0.15) is 48.0 Å². The SMILES string of the molecule is CC/C(C)=C/C(=C\N=C(C)N1CCN(C(=O)C2CN(C(=O)OC(C)(C)C)CCO2)CC1)C(F)(F)F. The fourth-order valence-corrected chi connectivity index (χ4v) is 3.55. The molecule has 35 heavy (non-hydrogen) atoms. The van der Waals surface area contributed by atoms with Gasteiger partial charge in [-0.3, -0.25) is 4.79 Å². The molecule has 0 aromatic rings. The van der Waals surface area contributed by atoms with E-state index in [1.165, 1.54) is 4.90 Å².